The van der Waals surface area contributed by atoms with E-state index in [1.165, 1.54) is 0 Å². The number of carbonyl (C=O) groups excluding carboxylic acids is 3. The van der Waals surface area contributed by atoms with Crippen molar-refractivity contribution in [3.05, 3.63) is 34.9 Å². The highest BCUT2D eigenvalue weighted by Crippen LogP contribution is 2.48. The number of nitriles is 1. The van der Waals surface area contributed by atoms with Crippen LogP contribution in [-0.4, -0.2) is 82.8 Å². The molecule has 3 aliphatic heterocycles. The second-order valence-corrected chi connectivity index (χ2v) is 10.4. The van der Waals surface area contributed by atoms with Crippen LogP contribution in [-0.2, 0) is 16.0 Å². The second kappa shape index (κ2) is 7.79. The summed E-state index contributed by atoms with van der Waals surface area (Å²) < 4.78 is 0. The van der Waals surface area contributed by atoms with E-state index in [9.17, 15) is 19.6 Å². The van der Waals surface area contributed by atoms with Gasteiger partial charge in [-0.1, -0.05) is 6.07 Å². The Morgan fingerprint density at radius 1 is 1.26 bits per heavy atom. The van der Waals surface area contributed by atoms with Crippen LogP contribution in [0.5, 0.6) is 0 Å². The Balaban J connectivity index is 1.12. The standard InChI is InChI=1S/C25H30N6O3/c1-28-23(32)14-2-4-18-13(6-14)3-5-20(18)31-17-9-22(25(31)34)29(11-17)12-19(27)24(33)30-16(10-26)7-15-8-21(15)30/h2,4,6,15-17,19-22H,3,5,7-9,11-12,27H2,1H3,(H,28,32)/t15-,16+,17?,19+,20+,21+,22+/m1/s1. The van der Waals surface area contributed by atoms with Gasteiger partial charge < -0.3 is 20.9 Å². The van der Waals surface area contributed by atoms with E-state index in [1.807, 2.05) is 23.1 Å². The van der Waals surface area contributed by atoms with Crippen molar-refractivity contribution < 1.29 is 14.4 Å². The summed E-state index contributed by atoms with van der Waals surface area (Å²) in [5.74, 6) is 0.319. The van der Waals surface area contributed by atoms with Crippen molar-refractivity contribution in [2.24, 2.45) is 11.7 Å². The first kappa shape index (κ1) is 21.6. The summed E-state index contributed by atoms with van der Waals surface area (Å²) in [4.78, 5) is 44.2. The Kier molecular flexibility index (Phi) is 4.94. The van der Waals surface area contributed by atoms with Gasteiger partial charge in [-0.15, -0.1) is 0 Å². The Hall–Kier alpha value is -2.96. The fourth-order valence-corrected chi connectivity index (χ4v) is 6.88. The Bertz CT molecular complexity index is 1110. The number of benzene rings is 1. The maximum absolute atomic E-state index is 13.4. The van der Waals surface area contributed by atoms with Crippen LogP contribution in [0.1, 0.15) is 53.2 Å². The average molecular weight is 463 g/mol. The van der Waals surface area contributed by atoms with Gasteiger partial charge >= 0.3 is 0 Å². The van der Waals surface area contributed by atoms with E-state index in [2.05, 4.69) is 16.3 Å². The number of hydrogen-bond donors (Lipinski definition) is 2. The summed E-state index contributed by atoms with van der Waals surface area (Å²) >= 11 is 0. The molecule has 5 aliphatic rings. The number of nitrogens with one attached hydrogen (secondary N) is 1. The first-order valence-electron chi connectivity index (χ1n) is 12.3. The Labute approximate surface area is 198 Å². The molecule has 1 aromatic rings. The fourth-order valence-electron chi connectivity index (χ4n) is 6.88. The molecule has 9 nitrogen and oxygen atoms in total. The number of rotatable bonds is 5. The number of likely N-dealkylation sites (tertiary alicyclic amines) is 3. The smallest absolute Gasteiger partial charge is 0.251 e. The highest BCUT2D eigenvalue weighted by molar-refractivity contribution is 5.94. The molecule has 1 saturated carbocycles. The number of piperidine rings is 1. The average Bonchev–Trinajstić information content (AvgIpc) is 3.18. The molecular weight excluding hydrogens is 432 g/mol. The van der Waals surface area contributed by atoms with Gasteiger partial charge in [0.15, 0.2) is 0 Å². The third-order valence-corrected chi connectivity index (χ3v) is 8.58. The molecule has 0 aromatic heterocycles. The van der Waals surface area contributed by atoms with E-state index in [4.69, 9.17) is 5.73 Å². The molecule has 2 bridgehead atoms. The van der Waals surface area contributed by atoms with Gasteiger partial charge in [-0.25, -0.2) is 0 Å². The quantitative estimate of drug-likeness (QED) is 0.643. The molecule has 0 spiro atoms. The van der Waals surface area contributed by atoms with Crippen LogP contribution < -0.4 is 11.1 Å². The van der Waals surface area contributed by atoms with Gasteiger partial charge in [0.25, 0.3) is 5.91 Å². The SMILES string of the molecule is CNC(=O)c1ccc2c(c1)CC[C@@H]2N1C(=O)[C@@H]2CC1CN2C[C@H](N)C(=O)N1[C@H](C#N)C[C@@H]2C[C@@H]21. The Morgan fingerprint density at radius 3 is 2.82 bits per heavy atom. The van der Waals surface area contributed by atoms with Gasteiger partial charge in [0.05, 0.1) is 24.2 Å². The summed E-state index contributed by atoms with van der Waals surface area (Å²) in [6.07, 6.45) is 4.22. The molecule has 7 atom stereocenters. The van der Waals surface area contributed by atoms with Crippen molar-refractivity contribution in [1.82, 2.24) is 20.0 Å². The number of nitrogens with two attached hydrogens (primary N) is 1. The van der Waals surface area contributed by atoms with Crippen LogP contribution in [0.25, 0.3) is 0 Å². The summed E-state index contributed by atoms with van der Waals surface area (Å²) in [5.41, 5.74) is 9.25. The number of hydrogen-bond acceptors (Lipinski definition) is 6. The van der Waals surface area contributed by atoms with Crippen molar-refractivity contribution in [1.29, 1.82) is 5.26 Å². The number of fused-ring (bicyclic) bond motifs is 4. The molecule has 3 amide bonds. The second-order valence-electron chi connectivity index (χ2n) is 10.4. The summed E-state index contributed by atoms with van der Waals surface area (Å²) in [5, 5.41) is 12.1. The predicted octanol–water partition coefficient (Wildman–Crippen LogP) is 0.159. The van der Waals surface area contributed by atoms with Gasteiger partial charge in [0.2, 0.25) is 11.8 Å². The number of amides is 3. The van der Waals surface area contributed by atoms with Crippen molar-refractivity contribution in [3.63, 3.8) is 0 Å². The molecule has 3 heterocycles. The number of aryl methyl sites for hydroxylation is 1. The minimum Gasteiger partial charge on any atom is -0.355 e. The lowest BCUT2D eigenvalue weighted by Crippen LogP contribution is -2.57. The van der Waals surface area contributed by atoms with Crippen LogP contribution in [0, 0.1) is 17.2 Å². The van der Waals surface area contributed by atoms with Crippen LogP contribution >= 0.6 is 0 Å². The molecule has 1 unspecified atom stereocenters. The molecule has 4 fully saturated rings. The zero-order valence-corrected chi connectivity index (χ0v) is 19.3. The van der Waals surface area contributed by atoms with Crippen molar-refractivity contribution in [3.8, 4) is 6.07 Å². The Morgan fingerprint density at radius 2 is 2.09 bits per heavy atom. The van der Waals surface area contributed by atoms with Gasteiger partial charge in [-0.2, -0.15) is 5.26 Å². The molecule has 3 saturated heterocycles. The first-order valence-corrected chi connectivity index (χ1v) is 12.3. The van der Waals surface area contributed by atoms with Crippen molar-refractivity contribution in [2.75, 3.05) is 20.1 Å². The third-order valence-electron chi connectivity index (χ3n) is 8.58. The van der Waals surface area contributed by atoms with Gasteiger partial charge in [0.1, 0.15) is 6.04 Å². The number of carbonyl (C=O) groups is 3. The van der Waals surface area contributed by atoms with E-state index in [0.29, 0.717) is 24.6 Å². The van der Waals surface area contributed by atoms with E-state index in [-0.39, 0.29) is 47.9 Å². The van der Waals surface area contributed by atoms with E-state index in [0.717, 1.165) is 43.2 Å². The van der Waals surface area contributed by atoms with Gasteiger partial charge in [-0.05, 0) is 61.3 Å². The molecular formula is C25H30N6O3. The molecule has 1 aromatic carbocycles. The lowest BCUT2D eigenvalue weighted by Gasteiger charge is -2.38. The number of nitrogens with zero attached hydrogens (tertiary/aromatic N) is 4. The van der Waals surface area contributed by atoms with Gasteiger partial charge in [0, 0.05) is 37.8 Å². The zero-order chi connectivity index (χ0) is 23.7. The summed E-state index contributed by atoms with van der Waals surface area (Å²) in [7, 11) is 1.62. The maximum Gasteiger partial charge on any atom is 0.251 e. The zero-order valence-electron chi connectivity index (χ0n) is 19.3. The van der Waals surface area contributed by atoms with Crippen LogP contribution in [0.3, 0.4) is 0 Å². The molecule has 3 N–H and O–H groups in total. The van der Waals surface area contributed by atoms with Crippen LogP contribution in [0.4, 0.5) is 0 Å². The number of piperazine rings is 1. The molecule has 178 valence electrons. The van der Waals surface area contributed by atoms with E-state index >= 15 is 0 Å². The topological polar surface area (TPSA) is 123 Å². The minimum atomic E-state index is -0.717. The maximum atomic E-state index is 13.4. The molecule has 6 rings (SSSR count). The van der Waals surface area contributed by atoms with Crippen LogP contribution in [0.2, 0.25) is 0 Å². The van der Waals surface area contributed by atoms with E-state index in [1.54, 1.807) is 11.9 Å². The van der Waals surface area contributed by atoms with Gasteiger partial charge in [-0.3, -0.25) is 19.3 Å². The minimum absolute atomic E-state index is 0.0430. The van der Waals surface area contributed by atoms with Crippen molar-refractivity contribution in [2.45, 2.75) is 68.4 Å². The third kappa shape index (κ3) is 3.16. The first-order chi connectivity index (χ1) is 16.4. The molecule has 2 aliphatic carbocycles. The molecule has 9 heteroatoms. The van der Waals surface area contributed by atoms with Crippen molar-refractivity contribution >= 4 is 17.7 Å². The highest BCUT2D eigenvalue weighted by Gasteiger charge is 2.56. The lowest BCUT2D eigenvalue weighted by molar-refractivity contribution is -0.141. The normalized spacial score (nSPS) is 34.1. The predicted molar refractivity (Wildman–Crippen MR) is 122 cm³/mol. The highest BCUT2D eigenvalue weighted by atomic mass is 16.2. The monoisotopic (exact) mass is 462 g/mol. The fraction of sp³-hybridized carbons (Fsp3) is 0.600. The van der Waals surface area contributed by atoms with Crippen LogP contribution in [0.15, 0.2) is 18.2 Å². The summed E-state index contributed by atoms with van der Waals surface area (Å²) in [6.45, 7) is 1.07. The molecule has 34 heavy (non-hydrogen) atoms. The largest absolute Gasteiger partial charge is 0.355 e. The summed E-state index contributed by atoms with van der Waals surface area (Å²) in [6, 6.07) is 7.05. The molecule has 0 radical (unpaired) electrons. The lowest BCUT2D eigenvalue weighted by atomic mass is 10.0. The van der Waals surface area contributed by atoms with E-state index < -0.39 is 6.04 Å².